The first-order chi connectivity index (χ1) is 40.8. The van der Waals surface area contributed by atoms with Crippen molar-refractivity contribution in [1.29, 1.82) is 0 Å². The molecule has 0 amide bonds. The van der Waals surface area contributed by atoms with Crippen molar-refractivity contribution in [3.63, 3.8) is 0 Å². The minimum absolute atomic E-state index is 0. The second kappa shape index (κ2) is 48.9. The van der Waals surface area contributed by atoms with E-state index < -0.39 is 126 Å². The Bertz CT molecular complexity index is 3400. The Morgan fingerprint density at radius 1 is 0.330 bits per heavy atom. The van der Waals surface area contributed by atoms with Gasteiger partial charge in [-0.15, -0.1) is 12.1 Å². The van der Waals surface area contributed by atoms with Gasteiger partial charge in [-0.2, -0.15) is 191 Å². The molecule has 97 heavy (non-hydrogen) atoms. The van der Waals surface area contributed by atoms with Gasteiger partial charge in [0.1, 0.15) is 0 Å². The largest absolute Gasteiger partial charge is 0.424 e. The molecule has 0 saturated carbocycles. The van der Waals surface area contributed by atoms with E-state index in [0.29, 0.717) is 0 Å². The van der Waals surface area contributed by atoms with Crippen molar-refractivity contribution in [2.45, 2.75) is 51.5 Å². The van der Waals surface area contributed by atoms with Crippen LogP contribution in [0.25, 0.3) is 32.7 Å². The third kappa shape index (κ3) is 58.5. The normalized spacial score (nSPS) is 11.7. The van der Waals surface area contributed by atoms with Gasteiger partial charge in [-0.25, -0.2) is 0 Å². The fourth-order valence-electron chi connectivity index (χ4n) is 2.85. The molecule has 0 unspecified atom stereocenters. The number of para-hydroxylation sites is 3. The van der Waals surface area contributed by atoms with Gasteiger partial charge in [-0.05, 0) is 17.5 Å². The van der Waals surface area contributed by atoms with Crippen LogP contribution in [0.5, 0.6) is 0 Å². The molecule has 0 saturated heterocycles. The van der Waals surface area contributed by atoms with Crippen LogP contribution in [-0.2, 0) is 190 Å². The average Bonchev–Trinajstić information content (AvgIpc) is 1.69. The number of nitrogens with one attached hydrogen (secondary N) is 3. The van der Waals surface area contributed by atoms with Crippen LogP contribution in [0.2, 0.25) is 0 Å². The molecule has 27 nitrogen and oxygen atoms in total. The summed E-state index contributed by atoms with van der Waals surface area (Å²) in [5.74, 6) is 0. The summed E-state index contributed by atoms with van der Waals surface area (Å²) in [4.78, 5) is 9.25. The number of benzene rings is 3. The van der Waals surface area contributed by atoms with Crippen LogP contribution in [0, 0.1) is 12.1 Å². The van der Waals surface area contributed by atoms with Gasteiger partial charge in [0.25, 0.3) is 0 Å². The molecule has 0 fully saturated rings. The molecule has 9 N–H and O–H groups in total. The third-order valence-corrected chi connectivity index (χ3v) is 10.6. The molecule has 0 aliphatic heterocycles. The Morgan fingerprint density at radius 3 is 0.649 bits per heavy atom. The number of halogens is 24. The van der Waals surface area contributed by atoms with Crippen LogP contribution in [0.1, 0.15) is 7.43 Å². The molecule has 0 atom stereocenters. The molecule has 6 aromatic rings. The van der Waals surface area contributed by atoms with Gasteiger partial charge in [0.15, 0.2) is 0 Å². The summed E-state index contributed by atoms with van der Waals surface area (Å²) in [6.45, 7) is 0. The van der Waals surface area contributed by atoms with Crippen LogP contribution in [0.3, 0.4) is 0 Å². The molecule has 594 valence electrons. The van der Waals surface area contributed by atoms with E-state index in [1.807, 2.05) is 79.3 Å². The van der Waals surface area contributed by atoms with E-state index in [0.717, 1.165) is 21.8 Å². The van der Waals surface area contributed by atoms with E-state index in [-0.39, 0.29) is 58.6 Å². The number of hydrogen-bond donors (Lipinski definition) is 9. The maximum atomic E-state index is 10.7. The first-order valence-electron chi connectivity index (χ1n) is 19.0. The summed E-state index contributed by atoms with van der Waals surface area (Å²) in [6, 6.07) is 32.6. The topological polar surface area (TPSA) is 476 Å². The van der Waals surface area contributed by atoms with E-state index in [1.165, 1.54) is 10.9 Å². The molecule has 0 spiro atoms. The van der Waals surface area contributed by atoms with Gasteiger partial charge in [-0.3, -0.25) is 27.3 Å². The van der Waals surface area contributed by atoms with Crippen LogP contribution in [-0.4, -0.2) is 137 Å². The summed E-state index contributed by atoms with van der Waals surface area (Å²) in [6.07, 6.45) is 5.60. The minimum Gasteiger partial charge on any atom is -0.424 e. The van der Waals surface area contributed by atoms with Crippen molar-refractivity contribution in [3.05, 3.63) is 110 Å². The number of rotatable bonds is 0. The van der Waals surface area contributed by atoms with Crippen molar-refractivity contribution in [2.75, 3.05) is 0 Å². The van der Waals surface area contributed by atoms with Crippen LogP contribution in [0.15, 0.2) is 97.5 Å². The average molecular weight is 1880 g/mol. The molecule has 3 aromatic carbocycles. The Kier molecular flexibility index (Phi) is 59.1. The fourth-order valence-corrected chi connectivity index (χ4v) is 2.85. The SMILES string of the molecule is C.O=S(=O)(O)C(F)(F)F.O=S(=O)(O)C(F)(F)F.O=S(=O)(O)C(F)(F)F.O=S(=O)(O)C(F)(F)F.O=S(=O)(O)C(F)(F)F.O=S(=O)(O)C(F)(F)F.O=[S-](=O)C(F)(F)F.O=[S-](=O)C(F)(F)F.[Cu+].[Cu].[Cu].[O]=[Cu].[O]=[Cu].[c-]1c[nH]c2ccccc12.[c-]1c[nH]c2ccccc12.c1ccc2[nH]ccc2c1. The van der Waals surface area contributed by atoms with E-state index in [2.05, 4.69) is 77.2 Å². The predicted octanol–water partition coefficient (Wildman–Crippen LogP) is 10.5. The summed E-state index contributed by atoms with van der Waals surface area (Å²) < 4.78 is 460. The van der Waals surface area contributed by atoms with Gasteiger partial charge in [0.2, 0.25) is 0 Å². The number of fused-ring (bicyclic) bond motifs is 3. The number of H-pyrrole nitrogens is 3. The van der Waals surface area contributed by atoms with Crippen LogP contribution < -0.4 is 0 Å². The maximum Gasteiger partial charge on any atom is 0.0453 e. The van der Waals surface area contributed by atoms with E-state index in [4.69, 9.17) is 102 Å². The van der Waals surface area contributed by atoms with Crippen molar-refractivity contribution >= 4 is 115 Å². The number of alkyl halides is 24. The summed E-state index contributed by atoms with van der Waals surface area (Å²) in [7, 11) is -42.9. The quantitative estimate of drug-likeness (QED) is 0.0170. The summed E-state index contributed by atoms with van der Waals surface area (Å²) in [5.41, 5.74) is -39.9. The van der Waals surface area contributed by atoms with Crippen molar-refractivity contribution in [3.8, 4) is 0 Å². The van der Waals surface area contributed by atoms with Gasteiger partial charge in [-0.1, -0.05) is 73.3 Å². The molecule has 3 heterocycles. The molecule has 0 aliphatic rings. The third-order valence-electron chi connectivity index (χ3n) is 6.36. The van der Waals surface area contributed by atoms with E-state index >= 15 is 0 Å². The molecular weight excluding hydrogens is 1850 g/mol. The Hall–Kier alpha value is -3.84. The smallest absolute Gasteiger partial charge is 0.0453 e. The Balaban J connectivity index is -0.0000000924. The first-order valence-corrected chi connectivity index (χ1v) is 30.5. The van der Waals surface area contributed by atoms with Gasteiger partial charge >= 0.3 is 161 Å². The van der Waals surface area contributed by atoms with E-state index in [9.17, 15) is 105 Å². The van der Waals surface area contributed by atoms with Gasteiger partial charge in [0, 0.05) is 67.3 Å². The van der Waals surface area contributed by atoms with Crippen LogP contribution in [0.4, 0.5) is 105 Å². The van der Waals surface area contributed by atoms with Gasteiger partial charge in [0.05, 0.1) is 0 Å². The molecule has 6 rings (SSSR count). The monoisotopic (exact) mass is 1880 g/mol. The second-order valence-corrected chi connectivity index (χ2v) is 23.3. The molecule has 0 bridgehead atoms. The predicted molar refractivity (Wildman–Crippen MR) is 256 cm³/mol. The molecule has 3 aromatic heterocycles. The van der Waals surface area contributed by atoms with Crippen molar-refractivity contribution in [2.24, 2.45) is 0 Å². The number of aromatic amines is 3. The molecule has 2 radical (unpaired) electrons. The van der Waals surface area contributed by atoms with E-state index in [1.54, 1.807) is 0 Å². The Labute approximate surface area is 577 Å². The first kappa shape index (κ1) is 117. The van der Waals surface area contributed by atoms with Crippen molar-refractivity contribution in [1.82, 2.24) is 15.0 Å². The zero-order valence-corrected chi connectivity index (χ0v) is 53.9. The van der Waals surface area contributed by atoms with Crippen molar-refractivity contribution < 1.29 is 291 Å². The maximum absolute atomic E-state index is 10.7. The molecule has 64 heteroatoms. The molecular formula is C33H29Cu5F24N3O24S8-3. The second-order valence-electron chi connectivity index (χ2n) is 12.9. The zero-order chi connectivity index (χ0) is 76.5. The van der Waals surface area contributed by atoms with Crippen LogP contribution >= 0.6 is 0 Å². The number of aromatic nitrogens is 3. The summed E-state index contributed by atoms with van der Waals surface area (Å²) in [5, 5.41) is 3.58. The minimum atomic E-state index is -5.84. The standard InChI is InChI=1S/C8H7N.2C8H6N.6CHF3O3S.2CF3O2S.CH4.5Cu.2O/c3*1-2-4-8-7(3-1)5-6-9-8;6*2-1(3,4)8(5,6)7;2*2-1(3,4)7(5)6;;;;;;;;/h1-6,9H;2*1-4,6,9H;6*(H,5,6,7);;;1H4;;;;;;;/q;2*-1;;;;;;;2*-1;;;;;;+1;;. The fraction of sp³-hybridized carbons (Fsp3) is 0.273. The molecule has 0 aliphatic carbocycles. The Morgan fingerprint density at radius 2 is 0.495 bits per heavy atom. The number of hydrogen-bond acceptors (Lipinski definition) is 20. The van der Waals surface area contributed by atoms with Gasteiger partial charge < -0.3 is 31.8 Å². The summed E-state index contributed by atoms with van der Waals surface area (Å²) >= 11 is 5.88. The zero-order valence-electron chi connectivity index (χ0n) is 42.6.